The fourth-order valence-corrected chi connectivity index (χ4v) is 0.696. The van der Waals surface area contributed by atoms with Crippen molar-refractivity contribution in [1.82, 2.24) is 0 Å². The molecule has 5 heteroatoms. The van der Waals surface area contributed by atoms with Gasteiger partial charge in [-0.25, -0.2) is 0 Å². The number of hydrogen-bond acceptors (Lipinski definition) is 4. The zero-order valence-electron chi connectivity index (χ0n) is 4.83. The standard InChI is InChI=1S/C4H8NO3S/c5-1-2-9-3-8-4(6)7/h1-3,5H2. The van der Waals surface area contributed by atoms with E-state index in [1.54, 1.807) is 0 Å². The molecule has 1 radical (unpaired) electrons. The Balaban J connectivity index is 2.83. The van der Waals surface area contributed by atoms with Gasteiger partial charge in [-0.1, -0.05) is 0 Å². The Morgan fingerprint density at radius 2 is 2.33 bits per heavy atom. The third-order valence-corrected chi connectivity index (χ3v) is 1.33. The summed E-state index contributed by atoms with van der Waals surface area (Å²) in [6.07, 6.45) is -1.49. The van der Waals surface area contributed by atoms with Crippen LogP contribution in [0.1, 0.15) is 0 Å². The molecule has 0 aromatic heterocycles. The van der Waals surface area contributed by atoms with E-state index in [0.29, 0.717) is 12.3 Å². The second-order valence-electron chi connectivity index (χ2n) is 1.21. The van der Waals surface area contributed by atoms with Crippen LogP contribution in [-0.2, 0) is 9.84 Å². The van der Waals surface area contributed by atoms with Gasteiger partial charge in [0.2, 0.25) is 0 Å². The molecule has 9 heavy (non-hydrogen) atoms. The average molecular weight is 150 g/mol. The maximum Gasteiger partial charge on any atom is 0.550 e. The molecular formula is C4H8NO3S. The lowest BCUT2D eigenvalue weighted by Crippen LogP contribution is -2.04. The summed E-state index contributed by atoms with van der Waals surface area (Å²) >= 11 is 1.31. The largest absolute Gasteiger partial charge is 0.550 e. The Morgan fingerprint density at radius 1 is 1.67 bits per heavy atom. The van der Waals surface area contributed by atoms with E-state index >= 15 is 0 Å². The van der Waals surface area contributed by atoms with Crippen LogP contribution >= 0.6 is 11.8 Å². The van der Waals surface area contributed by atoms with Crippen LogP contribution in [0.15, 0.2) is 0 Å². The smallest absolute Gasteiger partial charge is 0.421 e. The molecule has 0 bridgehead atoms. The maximum atomic E-state index is 9.58. The first-order valence-electron chi connectivity index (χ1n) is 2.39. The first-order chi connectivity index (χ1) is 4.27. The van der Waals surface area contributed by atoms with Crippen LogP contribution in [-0.4, -0.2) is 24.4 Å². The number of nitrogens with two attached hydrogens (primary N) is 1. The Bertz CT molecular complexity index is 87.9. The second-order valence-corrected chi connectivity index (χ2v) is 2.26. The minimum absolute atomic E-state index is 0.111. The van der Waals surface area contributed by atoms with E-state index in [2.05, 4.69) is 4.74 Å². The molecule has 0 aliphatic heterocycles. The molecule has 0 spiro atoms. The lowest BCUT2D eigenvalue weighted by Gasteiger charge is -1.95. The molecular weight excluding hydrogens is 142 g/mol. The number of thioether (sulfide) groups is 1. The molecule has 0 aromatic carbocycles. The molecule has 0 aromatic rings. The molecule has 53 valence electrons. The number of hydrogen-bond donors (Lipinski definition) is 1. The predicted octanol–water partition coefficient (Wildman–Crippen LogP) is 0.203. The summed E-state index contributed by atoms with van der Waals surface area (Å²) in [5.74, 6) is 0.812. The molecule has 0 saturated carbocycles. The van der Waals surface area contributed by atoms with Crippen molar-refractivity contribution in [1.29, 1.82) is 0 Å². The average Bonchev–Trinajstić information content (AvgIpc) is 1.80. The van der Waals surface area contributed by atoms with E-state index in [4.69, 9.17) is 5.73 Å². The lowest BCUT2D eigenvalue weighted by molar-refractivity contribution is 0.0831. The zero-order chi connectivity index (χ0) is 7.11. The summed E-state index contributed by atoms with van der Waals surface area (Å²) in [6.45, 7) is 0.529. The van der Waals surface area contributed by atoms with Crippen LogP contribution in [0.25, 0.3) is 0 Å². The lowest BCUT2D eigenvalue weighted by atomic mass is 10.8. The highest BCUT2D eigenvalue weighted by Gasteiger charge is 1.96. The minimum Gasteiger partial charge on any atom is -0.421 e. The van der Waals surface area contributed by atoms with E-state index in [0.717, 1.165) is 0 Å². The second kappa shape index (κ2) is 5.71. The molecule has 0 fully saturated rings. The quantitative estimate of drug-likeness (QED) is 0.353. The van der Waals surface area contributed by atoms with Crippen molar-refractivity contribution in [3.8, 4) is 0 Å². The van der Waals surface area contributed by atoms with Crippen LogP contribution in [0.2, 0.25) is 0 Å². The Hall–Kier alpha value is -0.420. The molecule has 0 rings (SSSR count). The summed E-state index contributed by atoms with van der Waals surface area (Å²) in [7, 11) is 0. The van der Waals surface area contributed by atoms with Crippen molar-refractivity contribution in [2.45, 2.75) is 0 Å². The van der Waals surface area contributed by atoms with Crippen molar-refractivity contribution in [3.05, 3.63) is 0 Å². The number of carbonyl (C=O) groups is 1. The number of rotatable bonds is 4. The van der Waals surface area contributed by atoms with Gasteiger partial charge in [0.1, 0.15) is 5.94 Å². The molecule has 0 saturated heterocycles. The van der Waals surface area contributed by atoms with Gasteiger partial charge in [0.15, 0.2) is 0 Å². The fraction of sp³-hybridized carbons (Fsp3) is 0.750. The summed E-state index contributed by atoms with van der Waals surface area (Å²) in [6, 6.07) is 0. The van der Waals surface area contributed by atoms with Gasteiger partial charge in [-0.05, 0) is 0 Å². The third kappa shape index (κ3) is 7.58. The summed E-state index contributed by atoms with van der Waals surface area (Å²) < 4.78 is 4.06. The molecule has 4 nitrogen and oxygen atoms in total. The van der Waals surface area contributed by atoms with Crippen molar-refractivity contribution in [3.63, 3.8) is 0 Å². The van der Waals surface area contributed by atoms with Gasteiger partial charge in [-0.3, -0.25) is 0 Å². The van der Waals surface area contributed by atoms with Gasteiger partial charge in [0, 0.05) is 12.3 Å². The van der Waals surface area contributed by atoms with Gasteiger partial charge < -0.3 is 10.5 Å². The maximum absolute atomic E-state index is 9.58. The summed E-state index contributed by atoms with van der Waals surface area (Å²) in [5.41, 5.74) is 5.11. The summed E-state index contributed by atoms with van der Waals surface area (Å²) in [4.78, 5) is 9.58. The van der Waals surface area contributed by atoms with Gasteiger partial charge in [0.25, 0.3) is 0 Å². The van der Waals surface area contributed by atoms with Gasteiger partial charge in [-0.15, -0.1) is 11.8 Å². The van der Waals surface area contributed by atoms with Gasteiger partial charge >= 0.3 is 6.16 Å². The van der Waals surface area contributed by atoms with Crippen molar-refractivity contribution >= 4 is 17.9 Å². The topological polar surface area (TPSA) is 72.2 Å². The van der Waals surface area contributed by atoms with Gasteiger partial charge in [0.05, 0.1) is 0 Å². The number of ether oxygens (including phenoxy) is 1. The molecule has 0 amide bonds. The monoisotopic (exact) mass is 150 g/mol. The molecule has 0 heterocycles. The molecule has 0 unspecified atom stereocenters. The van der Waals surface area contributed by atoms with Crippen molar-refractivity contribution in [2.24, 2.45) is 5.73 Å². The molecule has 0 atom stereocenters. The van der Waals surface area contributed by atoms with Crippen LogP contribution < -0.4 is 5.73 Å². The predicted molar refractivity (Wildman–Crippen MR) is 33.5 cm³/mol. The molecule has 2 N–H and O–H groups in total. The van der Waals surface area contributed by atoms with E-state index in [-0.39, 0.29) is 5.94 Å². The fourth-order valence-electron chi connectivity index (χ4n) is 0.232. The normalized spacial score (nSPS) is 9.00. The van der Waals surface area contributed by atoms with Crippen LogP contribution in [0.4, 0.5) is 4.79 Å². The van der Waals surface area contributed by atoms with E-state index in [1.807, 2.05) is 0 Å². The highest BCUT2D eigenvalue weighted by molar-refractivity contribution is 7.99. The van der Waals surface area contributed by atoms with Gasteiger partial charge in [-0.2, -0.15) is 9.90 Å². The molecule has 0 aliphatic carbocycles. The van der Waals surface area contributed by atoms with Crippen molar-refractivity contribution in [2.75, 3.05) is 18.2 Å². The zero-order valence-corrected chi connectivity index (χ0v) is 5.65. The highest BCUT2D eigenvalue weighted by atomic mass is 32.2. The first-order valence-corrected chi connectivity index (χ1v) is 3.54. The van der Waals surface area contributed by atoms with E-state index in [9.17, 15) is 9.90 Å². The Labute approximate surface area is 57.4 Å². The van der Waals surface area contributed by atoms with Crippen molar-refractivity contribution < 1.29 is 14.6 Å². The SMILES string of the molecule is NCCSCOC([O])=O. The Kier molecular flexibility index (Phi) is 5.45. The van der Waals surface area contributed by atoms with E-state index < -0.39 is 6.16 Å². The number of carbonyl (C=O) groups excluding carboxylic acids is 1. The minimum atomic E-state index is -1.49. The summed E-state index contributed by atoms with van der Waals surface area (Å²) in [5, 5.41) is 9.58. The van der Waals surface area contributed by atoms with Crippen LogP contribution in [0, 0.1) is 0 Å². The first kappa shape index (κ1) is 8.58. The Morgan fingerprint density at radius 3 is 2.78 bits per heavy atom. The van der Waals surface area contributed by atoms with Crippen LogP contribution in [0.5, 0.6) is 0 Å². The third-order valence-electron chi connectivity index (χ3n) is 0.522. The van der Waals surface area contributed by atoms with E-state index in [1.165, 1.54) is 11.8 Å². The molecule has 0 aliphatic rings. The highest BCUT2D eigenvalue weighted by Crippen LogP contribution is 1.97. The van der Waals surface area contributed by atoms with Crippen LogP contribution in [0.3, 0.4) is 0 Å².